The van der Waals surface area contributed by atoms with Crippen LogP contribution >= 0.6 is 0 Å². The average Bonchev–Trinajstić information content (AvgIpc) is 2.49. The number of rotatable bonds is 1. The lowest BCUT2D eigenvalue weighted by molar-refractivity contribution is 0.402. The Morgan fingerprint density at radius 3 is 2.92 bits per heavy atom. The van der Waals surface area contributed by atoms with Gasteiger partial charge in [-0.05, 0) is 32.4 Å². The molecule has 13 heavy (non-hydrogen) atoms. The SMILES string of the molecule is Cc1cc(C2CCCCN2)nn1C. The van der Waals surface area contributed by atoms with E-state index < -0.39 is 0 Å². The quantitative estimate of drug-likeness (QED) is 0.708. The fraction of sp³-hybridized carbons (Fsp3) is 0.700. The van der Waals surface area contributed by atoms with E-state index in [1.54, 1.807) is 0 Å². The Kier molecular flexibility index (Phi) is 2.36. The molecule has 72 valence electrons. The molecule has 0 aliphatic carbocycles. The van der Waals surface area contributed by atoms with Crippen LogP contribution in [-0.2, 0) is 7.05 Å². The second kappa shape index (κ2) is 3.50. The molecule has 1 aromatic heterocycles. The highest BCUT2D eigenvalue weighted by atomic mass is 15.3. The van der Waals surface area contributed by atoms with Gasteiger partial charge in [-0.25, -0.2) is 0 Å². The van der Waals surface area contributed by atoms with Crippen LogP contribution in [0.2, 0.25) is 0 Å². The average molecular weight is 179 g/mol. The highest BCUT2D eigenvalue weighted by molar-refractivity contribution is 5.13. The van der Waals surface area contributed by atoms with E-state index in [1.807, 2.05) is 11.7 Å². The molecule has 1 aliphatic heterocycles. The van der Waals surface area contributed by atoms with Gasteiger partial charge in [0.1, 0.15) is 0 Å². The maximum absolute atomic E-state index is 4.49. The highest BCUT2D eigenvalue weighted by Crippen LogP contribution is 2.21. The fourth-order valence-corrected chi connectivity index (χ4v) is 1.86. The molecular formula is C10H17N3. The van der Waals surface area contributed by atoms with Gasteiger partial charge in [-0.3, -0.25) is 4.68 Å². The molecule has 1 aromatic rings. The summed E-state index contributed by atoms with van der Waals surface area (Å²) in [6.07, 6.45) is 3.87. The van der Waals surface area contributed by atoms with Crippen molar-refractivity contribution in [3.8, 4) is 0 Å². The van der Waals surface area contributed by atoms with Gasteiger partial charge in [-0.1, -0.05) is 6.42 Å². The largest absolute Gasteiger partial charge is 0.309 e. The third-order valence-corrected chi connectivity index (χ3v) is 2.80. The second-order valence-corrected chi connectivity index (χ2v) is 3.84. The zero-order valence-electron chi connectivity index (χ0n) is 8.38. The molecule has 1 N–H and O–H groups in total. The zero-order chi connectivity index (χ0) is 9.26. The first-order chi connectivity index (χ1) is 6.27. The number of nitrogens with one attached hydrogen (secondary N) is 1. The minimum atomic E-state index is 0.494. The van der Waals surface area contributed by atoms with Gasteiger partial charge in [0.05, 0.1) is 11.7 Å². The molecule has 1 saturated heterocycles. The van der Waals surface area contributed by atoms with Crippen molar-refractivity contribution in [2.75, 3.05) is 6.54 Å². The Hall–Kier alpha value is -0.830. The predicted molar refractivity (Wildman–Crippen MR) is 52.5 cm³/mol. The van der Waals surface area contributed by atoms with Crippen molar-refractivity contribution in [1.29, 1.82) is 0 Å². The summed E-state index contributed by atoms with van der Waals surface area (Å²) in [5.41, 5.74) is 2.45. The maximum Gasteiger partial charge on any atom is 0.0796 e. The summed E-state index contributed by atoms with van der Waals surface area (Å²) in [4.78, 5) is 0. The van der Waals surface area contributed by atoms with Crippen LogP contribution < -0.4 is 5.32 Å². The molecule has 1 aliphatic rings. The number of nitrogens with zero attached hydrogens (tertiary/aromatic N) is 2. The van der Waals surface area contributed by atoms with Crippen LogP contribution in [0.5, 0.6) is 0 Å². The van der Waals surface area contributed by atoms with Crippen LogP contribution in [0.15, 0.2) is 6.07 Å². The van der Waals surface area contributed by atoms with E-state index in [1.165, 1.54) is 30.7 Å². The molecule has 0 amide bonds. The van der Waals surface area contributed by atoms with Crippen LogP contribution in [-0.4, -0.2) is 16.3 Å². The number of aromatic nitrogens is 2. The second-order valence-electron chi connectivity index (χ2n) is 3.84. The number of hydrogen-bond donors (Lipinski definition) is 1. The van der Waals surface area contributed by atoms with Crippen molar-refractivity contribution in [3.05, 3.63) is 17.5 Å². The van der Waals surface area contributed by atoms with E-state index in [9.17, 15) is 0 Å². The van der Waals surface area contributed by atoms with Crippen molar-refractivity contribution in [3.63, 3.8) is 0 Å². The fourth-order valence-electron chi connectivity index (χ4n) is 1.86. The first-order valence-corrected chi connectivity index (χ1v) is 5.01. The van der Waals surface area contributed by atoms with Crippen molar-refractivity contribution in [2.45, 2.75) is 32.2 Å². The molecule has 0 saturated carbocycles. The normalized spacial score (nSPS) is 23.4. The first kappa shape index (κ1) is 8.75. The lowest BCUT2D eigenvalue weighted by Crippen LogP contribution is -2.27. The van der Waals surface area contributed by atoms with Crippen LogP contribution in [0.1, 0.15) is 36.7 Å². The Morgan fingerprint density at radius 1 is 1.54 bits per heavy atom. The summed E-state index contributed by atoms with van der Waals surface area (Å²) in [7, 11) is 2.00. The monoisotopic (exact) mass is 179 g/mol. The van der Waals surface area contributed by atoms with Gasteiger partial charge < -0.3 is 5.32 Å². The minimum Gasteiger partial charge on any atom is -0.309 e. The van der Waals surface area contributed by atoms with Crippen LogP contribution in [0.25, 0.3) is 0 Å². The molecule has 3 heteroatoms. The van der Waals surface area contributed by atoms with E-state index >= 15 is 0 Å². The first-order valence-electron chi connectivity index (χ1n) is 5.01. The van der Waals surface area contributed by atoms with Crippen molar-refractivity contribution >= 4 is 0 Å². The van der Waals surface area contributed by atoms with Gasteiger partial charge in [0.2, 0.25) is 0 Å². The van der Waals surface area contributed by atoms with E-state index in [4.69, 9.17) is 0 Å². The summed E-state index contributed by atoms with van der Waals surface area (Å²) < 4.78 is 1.95. The smallest absolute Gasteiger partial charge is 0.0796 e. The molecule has 0 spiro atoms. The standard InChI is InChI=1S/C10H17N3/c1-8-7-10(12-13(8)2)9-5-3-4-6-11-9/h7,9,11H,3-6H2,1-2H3. The third kappa shape index (κ3) is 1.75. The van der Waals surface area contributed by atoms with Gasteiger partial charge in [0, 0.05) is 12.7 Å². The summed E-state index contributed by atoms with van der Waals surface area (Å²) in [6, 6.07) is 2.68. The molecule has 0 aromatic carbocycles. The van der Waals surface area contributed by atoms with E-state index in [0.717, 1.165) is 6.54 Å². The highest BCUT2D eigenvalue weighted by Gasteiger charge is 2.17. The van der Waals surface area contributed by atoms with Gasteiger partial charge in [0.25, 0.3) is 0 Å². The molecule has 1 fully saturated rings. The van der Waals surface area contributed by atoms with Crippen LogP contribution in [0, 0.1) is 6.92 Å². The van der Waals surface area contributed by atoms with E-state index in [2.05, 4.69) is 23.4 Å². The topological polar surface area (TPSA) is 29.9 Å². The number of hydrogen-bond acceptors (Lipinski definition) is 2. The van der Waals surface area contributed by atoms with E-state index in [0.29, 0.717) is 6.04 Å². The Bertz CT molecular complexity index is 265. The Morgan fingerprint density at radius 2 is 2.38 bits per heavy atom. The summed E-state index contributed by atoms with van der Waals surface area (Å²) in [5.74, 6) is 0. The third-order valence-electron chi connectivity index (χ3n) is 2.80. The predicted octanol–water partition coefficient (Wildman–Crippen LogP) is 1.54. The summed E-state index contributed by atoms with van der Waals surface area (Å²) in [6.45, 7) is 3.24. The van der Waals surface area contributed by atoms with Gasteiger partial charge in [0.15, 0.2) is 0 Å². The maximum atomic E-state index is 4.49. The number of piperidine rings is 1. The molecule has 0 radical (unpaired) electrons. The summed E-state index contributed by atoms with van der Waals surface area (Å²) in [5, 5.41) is 7.99. The summed E-state index contributed by atoms with van der Waals surface area (Å²) >= 11 is 0. The molecule has 2 heterocycles. The van der Waals surface area contributed by atoms with Gasteiger partial charge >= 0.3 is 0 Å². The lowest BCUT2D eigenvalue weighted by Gasteiger charge is -2.21. The zero-order valence-corrected chi connectivity index (χ0v) is 8.38. The molecule has 2 rings (SSSR count). The molecule has 0 bridgehead atoms. The number of aryl methyl sites for hydroxylation is 2. The van der Waals surface area contributed by atoms with E-state index in [-0.39, 0.29) is 0 Å². The van der Waals surface area contributed by atoms with Crippen molar-refractivity contribution in [1.82, 2.24) is 15.1 Å². The van der Waals surface area contributed by atoms with Crippen molar-refractivity contribution in [2.24, 2.45) is 7.05 Å². The molecule has 1 atom stereocenters. The minimum absolute atomic E-state index is 0.494. The van der Waals surface area contributed by atoms with Crippen LogP contribution in [0.4, 0.5) is 0 Å². The lowest BCUT2D eigenvalue weighted by atomic mass is 10.0. The van der Waals surface area contributed by atoms with Gasteiger partial charge in [-0.2, -0.15) is 5.10 Å². The molecular weight excluding hydrogens is 162 g/mol. The Labute approximate surface area is 79.1 Å². The van der Waals surface area contributed by atoms with Crippen LogP contribution in [0.3, 0.4) is 0 Å². The van der Waals surface area contributed by atoms with Gasteiger partial charge in [-0.15, -0.1) is 0 Å². The van der Waals surface area contributed by atoms with Crippen molar-refractivity contribution < 1.29 is 0 Å². The Balaban J connectivity index is 2.14. The molecule has 1 unspecified atom stereocenters. The molecule has 3 nitrogen and oxygen atoms in total.